The Morgan fingerprint density at radius 2 is 2.29 bits per heavy atom. The van der Waals surface area contributed by atoms with Crippen molar-refractivity contribution in [1.29, 1.82) is 0 Å². The number of aliphatic hydroxyl groups excluding tert-OH is 1. The van der Waals surface area contributed by atoms with E-state index >= 15 is 0 Å². The Kier molecular flexibility index (Phi) is 5.35. The maximum Gasteiger partial charge on any atom is 0.356 e. The molecule has 6 nitrogen and oxygen atoms in total. The van der Waals surface area contributed by atoms with Gasteiger partial charge in [0.2, 0.25) is 0 Å². The zero-order valence-electron chi connectivity index (χ0n) is 9.76. The summed E-state index contributed by atoms with van der Waals surface area (Å²) in [7, 11) is 0. The highest BCUT2D eigenvalue weighted by Gasteiger charge is 2.05. The molecule has 1 atom stereocenters. The molecule has 0 aliphatic rings. The van der Waals surface area contributed by atoms with Crippen LogP contribution in [0.25, 0.3) is 0 Å². The summed E-state index contributed by atoms with van der Waals surface area (Å²) in [5, 5.41) is 20.6. The van der Waals surface area contributed by atoms with Gasteiger partial charge < -0.3 is 15.5 Å². The highest BCUT2D eigenvalue weighted by molar-refractivity contribution is 5.85. The van der Waals surface area contributed by atoms with Gasteiger partial charge in [0.15, 0.2) is 5.69 Å². The molecule has 1 aromatic rings. The van der Waals surface area contributed by atoms with Gasteiger partial charge in [-0.3, -0.25) is 4.98 Å². The molecule has 0 aromatic carbocycles. The molecule has 0 bridgehead atoms. The van der Waals surface area contributed by atoms with Gasteiger partial charge in [-0.05, 0) is 18.8 Å². The minimum absolute atomic E-state index is 0.0706. The highest BCUT2D eigenvalue weighted by atomic mass is 16.4. The van der Waals surface area contributed by atoms with Crippen LogP contribution in [-0.2, 0) is 0 Å². The number of carbonyl (C=O) groups is 1. The number of hydrogen-bond acceptors (Lipinski definition) is 5. The molecule has 1 heterocycles. The first-order chi connectivity index (χ1) is 8.13. The van der Waals surface area contributed by atoms with Gasteiger partial charge in [-0.25, -0.2) is 9.78 Å². The quantitative estimate of drug-likeness (QED) is 0.614. The van der Waals surface area contributed by atoms with Crippen molar-refractivity contribution in [1.82, 2.24) is 9.97 Å². The highest BCUT2D eigenvalue weighted by Crippen LogP contribution is 2.06. The van der Waals surface area contributed by atoms with Gasteiger partial charge in [0.1, 0.15) is 5.82 Å². The molecule has 0 aliphatic heterocycles. The number of hydrogen-bond donors (Lipinski definition) is 3. The topological polar surface area (TPSA) is 95.3 Å². The molecule has 94 valence electrons. The average Bonchev–Trinajstić information content (AvgIpc) is 2.34. The number of carboxylic acids is 1. The van der Waals surface area contributed by atoms with Crippen molar-refractivity contribution in [2.75, 3.05) is 18.5 Å². The van der Waals surface area contributed by atoms with E-state index in [-0.39, 0.29) is 18.2 Å². The van der Waals surface area contributed by atoms with Crippen molar-refractivity contribution in [3.05, 3.63) is 18.1 Å². The van der Waals surface area contributed by atoms with Gasteiger partial charge >= 0.3 is 5.97 Å². The Morgan fingerprint density at radius 1 is 1.53 bits per heavy atom. The standard InChI is InChI=1S/C11H17N3O3/c1-8(7-15)3-2-4-13-10-6-12-5-9(14-10)11(16)17/h5-6,8,15H,2-4,7H2,1H3,(H,13,14)(H,16,17). The third kappa shape index (κ3) is 4.78. The summed E-state index contributed by atoms with van der Waals surface area (Å²) >= 11 is 0. The molecule has 1 aromatic heterocycles. The largest absolute Gasteiger partial charge is 0.476 e. The van der Waals surface area contributed by atoms with Crippen molar-refractivity contribution in [3.63, 3.8) is 0 Å². The lowest BCUT2D eigenvalue weighted by atomic mass is 10.1. The number of aliphatic hydroxyl groups is 1. The van der Waals surface area contributed by atoms with E-state index in [0.29, 0.717) is 12.4 Å². The Bertz CT molecular complexity index is 371. The van der Waals surface area contributed by atoms with Gasteiger partial charge in [-0.2, -0.15) is 0 Å². The van der Waals surface area contributed by atoms with E-state index in [4.69, 9.17) is 10.2 Å². The Morgan fingerprint density at radius 3 is 2.94 bits per heavy atom. The molecule has 0 aliphatic carbocycles. The van der Waals surface area contributed by atoms with Gasteiger partial charge in [0, 0.05) is 13.2 Å². The zero-order chi connectivity index (χ0) is 12.7. The number of rotatable bonds is 7. The zero-order valence-corrected chi connectivity index (χ0v) is 9.76. The molecule has 1 rings (SSSR count). The molecule has 1 unspecified atom stereocenters. The molecular weight excluding hydrogens is 222 g/mol. The van der Waals surface area contributed by atoms with E-state index in [9.17, 15) is 4.79 Å². The molecule has 0 saturated carbocycles. The van der Waals surface area contributed by atoms with Crippen LogP contribution in [0.3, 0.4) is 0 Å². The Balaban J connectivity index is 2.36. The van der Waals surface area contributed by atoms with Crippen LogP contribution in [-0.4, -0.2) is 39.3 Å². The molecule has 0 fully saturated rings. The number of aromatic carboxylic acids is 1. The molecule has 17 heavy (non-hydrogen) atoms. The molecule has 0 amide bonds. The average molecular weight is 239 g/mol. The fourth-order valence-electron chi connectivity index (χ4n) is 1.31. The first-order valence-electron chi connectivity index (χ1n) is 5.53. The summed E-state index contributed by atoms with van der Waals surface area (Å²) < 4.78 is 0. The van der Waals surface area contributed by atoms with E-state index < -0.39 is 5.97 Å². The lowest BCUT2D eigenvalue weighted by Gasteiger charge is -2.08. The Labute approximate surface area is 99.7 Å². The van der Waals surface area contributed by atoms with Crippen LogP contribution in [0.4, 0.5) is 5.82 Å². The molecule has 3 N–H and O–H groups in total. The lowest BCUT2D eigenvalue weighted by molar-refractivity contribution is 0.0690. The number of nitrogens with zero attached hydrogens (tertiary/aromatic N) is 2. The summed E-state index contributed by atoms with van der Waals surface area (Å²) in [4.78, 5) is 18.3. The van der Waals surface area contributed by atoms with E-state index in [0.717, 1.165) is 12.8 Å². The van der Waals surface area contributed by atoms with Crippen LogP contribution in [0, 0.1) is 5.92 Å². The minimum Gasteiger partial charge on any atom is -0.476 e. The second-order valence-corrected chi connectivity index (χ2v) is 3.95. The van der Waals surface area contributed by atoms with Crippen LogP contribution < -0.4 is 5.32 Å². The molecule has 6 heteroatoms. The SMILES string of the molecule is CC(CO)CCCNc1cncc(C(=O)O)n1. The van der Waals surface area contributed by atoms with Gasteiger partial charge in [-0.1, -0.05) is 6.92 Å². The maximum atomic E-state index is 10.7. The molecular formula is C11H17N3O3. The van der Waals surface area contributed by atoms with E-state index in [1.165, 1.54) is 12.4 Å². The van der Waals surface area contributed by atoms with E-state index in [2.05, 4.69) is 15.3 Å². The van der Waals surface area contributed by atoms with E-state index in [1.807, 2.05) is 6.92 Å². The van der Waals surface area contributed by atoms with Crippen molar-refractivity contribution in [2.24, 2.45) is 5.92 Å². The fraction of sp³-hybridized carbons (Fsp3) is 0.545. The second-order valence-electron chi connectivity index (χ2n) is 3.95. The molecule has 0 saturated heterocycles. The summed E-state index contributed by atoms with van der Waals surface area (Å²) in [6.45, 7) is 2.85. The monoisotopic (exact) mass is 239 g/mol. The predicted molar refractivity (Wildman–Crippen MR) is 63.0 cm³/mol. The van der Waals surface area contributed by atoms with Crippen LogP contribution in [0.1, 0.15) is 30.3 Å². The Hall–Kier alpha value is -1.69. The normalized spacial score (nSPS) is 12.1. The smallest absolute Gasteiger partial charge is 0.356 e. The van der Waals surface area contributed by atoms with Crippen molar-refractivity contribution < 1.29 is 15.0 Å². The lowest BCUT2D eigenvalue weighted by Crippen LogP contribution is -2.09. The third-order valence-electron chi connectivity index (χ3n) is 2.35. The predicted octanol–water partition coefficient (Wildman–Crippen LogP) is 0.995. The number of aromatic nitrogens is 2. The third-order valence-corrected chi connectivity index (χ3v) is 2.35. The first kappa shape index (κ1) is 13.4. The number of nitrogens with one attached hydrogen (secondary N) is 1. The summed E-state index contributed by atoms with van der Waals surface area (Å²) in [5.41, 5.74) is -0.0706. The van der Waals surface area contributed by atoms with Gasteiger partial charge in [0.05, 0.1) is 12.4 Å². The summed E-state index contributed by atoms with van der Waals surface area (Å²) in [5.74, 6) is -0.343. The van der Waals surface area contributed by atoms with Gasteiger partial charge in [-0.15, -0.1) is 0 Å². The van der Waals surface area contributed by atoms with Crippen LogP contribution >= 0.6 is 0 Å². The number of anilines is 1. The minimum atomic E-state index is -1.09. The van der Waals surface area contributed by atoms with Crippen molar-refractivity contribution in [2.45, 2.75) is 19.8 Å². The van der Waals surface area contributed by atoms with Crippen LogP contribution in [0.2, 0.25) is 0 Å². The van der Waals surface area contributed by atoms with Gasteiger partial charge in [0.25, 0.3) is 0 Å². The van der Waals surface area contributed by atoms with Crippen molar-refractivity contribution >= 4 is 11.8 Å². The number of carboxylic acid groups (broad SMARTS) is 1. The second kappa shape index (κ2) is 6.80. The van der Waals surface area contributed by atoms with Crippen molar-refractivity contribution in [3.8, 4) is 0 Å². The van der Waals surface area contributed by atoms with E-state index in [1.54, 1.807) is 0 Å². The van der Waals surface area contributed by atoms with Crippen LogP contribution in [0.5, 0.6) is 0 Å². The molecule has 0 radical (unpaired) electrons. The first-order valence-corrected chi connectivity index (χ1v) is 5.53. The summed E-state index contributed by atoms with van der Waals surface area (Å²) in [6, 6.07) is 0. The summed E-state index contributed by atoms with van der Waals surface area (Å²) in [6.07, 6.45) is 4.50. The fourth-order valence-corrected chi connectivity index (χ4v) is 1.31. The molecule has 0 spiro atoms. The maximum absolute atomic E-state index is 10.7. The van der Waals surface area contributed by atoms with Crippen LogP contribution in [0.15, 0.2) is 12.4 Å².